The van der Waals surface area contributed by atoms with Crippen LogP contribution in [0.4, 0.5) is 4.39 Å². The van der Waals surface area contributed by atoms with Gasteiger partial charge in [0, 0.05) is 43.7 Å². The summed E-state index contributed by atoms with van der Waals surface area (Å²) < 4.78 is 13.9. The van der Waals surface area contributed by atoms with Crippen LogP contribution in [0.5, 0.6) is 0 Å². The van der Waals surface area contributed by atoms with Crippen molar-refractivity contribution < 1.29 is 9.18 Å². The van der Waals surface area contributed by atoms with Gasteiger partial charge in [0.2, 0.25) is 0 Å². The summed E-state index contributed by atoms with van der Waals surface area (Å²) in [6.07, 6.45) is 0. The summed E-state index contributed by atoms with van der Waals surface area (Å²) in [4.78, 5) is 17.8. The molecule has 0 saturated carbocycles. The first-order valence-electron chi connectivity index (χ1n) is 11.1. The van der Waals surface area contributed by atoms with E-state index in [1.54, 1.807) is 12.1 Å². The Morgan fingerprint density at radius 2 is 1.80 bits per heavy atom. The number of hydrogen-bond acceptors (Lipinski definition) is 2. The highest BCUT2D eigenvalue weighted by atomic mass is 19.1. The van der Waals surface area contributed by atoms with Gasteiger partial charge in [-0.15, -0.1) is 0 Å². The molecule has 162 valence electrons. The van der Waals surface area contributed by atoms with E-state index in [4.69, 9.17) is 0 Å². The Kier molecular flexibility index (Phi) is 7.30. The molecule has 0 bridgehead atoms. The number of aryl methyl sites for hydroxylation is 1. The maximum Gasteiger partial charge on any atom is 0.254 e. The van der Waals surface area contributed by atoms with Gasteiger partial charge in [-0.05, 0) is 62.4 Å². The number of nitrogens with zero attached hydrogens (tertiary/aromatic N) is 2. The van der Waals surface area contributed by atoms with Gasteiger partial charge in [0.1, 0.15) is 5.82 Å². The Hall–Kier alpha value is -2.20. The van der Waals surface area contributed by atoms with Gasteiger partial charge in [-0.3, -0.25) is 4.79 Å². The second-order valence-corrected chi connectivity index (χ2v) is 9.45. The molecule has 1 saturated heterocycles. The lowest BCUT2D eigenvalue weighted by atomic mass is 9.88. The minimum absolute atomic E-state index is 0.0744. The summed E-state index contributed by atoms with van der Waals surface area (Å²) in [5.74, 6) is 0.969. The molecule has 1 aliphatic rings. The molecule has 3 rings (SSSR count). The van der Waals surface area contributed by atoms with E-state index in [0.717, 1.165) is 36.3 Å². The van der Waals surface area contributed by atoms with Crippen molar-refractivity contribution in [2.45, 2.75) is 46.6 Å². The normalized spacial score (nSPS) is 19.6. The first kappa shape index (κ1) is 22.5. The van der Waals surface area contributed by atoms with Crippen LogP contribution < -0.4 is 0 Å². The van der Waals surface area contributed by atoms with Crippen LogP contribution in [0.25, 0.3) is 0 Å². The Morgan fingerprint density at radius 3 is 2.40 bits per heavy atom. The topological polar surface area (TPSA) is 23.6 Å². The van der Waals surface area contributed by atoms with Crippen LogP contribution in [0.3, 0.4) is 0 Å². The number of amides is 1. The molecule has 0 radical (unpaired) electrons. The second-order valence-electron chi connectivity index (χ2n) is 9.45. The molecule has 1 heterocycles. The molecule has 2 aromatic carbocycles. The van der Waals surface area contributed by atoms with E-state index < -0.39 is 0 Å². The van der Waals surface area contributed by atoms with Gasteiger partial charge in [-0.1, -0.05) is 43.7 Å². The highest BCUT2D eigenvalue weighted by molar-refractivity contribution is 5.94. The average molecular weight is 411 g/mol. The maximum absolute atomic E-state index is 13.9. The van der Waals surface area contributed by atoms with E-state index >= 15 is 0 Å². The van der Waals surface area contributed by atoms with Gasteiger partial charge in [0.25, 0.3) is 5.91 Å². The first-order chi connectivity index (χ1) is 14.2. The number of benzene rings is 2. The molecule has 1 fully saturated rings. The first-order valence-corrected chi connectivity index (χ1v) is 11.1. The molecule has 1 aliphatic heterocycles. The molecule has 3 nitrogen and oxygen atoms in total. The minimum Gasteiger partial charge on any atom is -0.336 e. The molecule has 1 amide bonds. The van der Waals surface area contributed by atoms with E-state index in [2.05, 4.69) is 32.6 Å². The fourth-order valence-electron chi connectivity index (χ4n) is 4.57. The zero-order chi connectivity index (χ0) is 21.8. The van der Waals surface area contributed by atoms with Crippen molar-refractivity contribution in [3.05, 3.63) is 71.0 Å². The molecule has 0 spiro atoms. The van der Waals surface area contributed by atoms with Crippen molar-refractivity contribution in [2.24, 2.45) is 11.8 Å². The van der Waals surface area contributed by atoms with Gasteiger partial charge < -0.3 is 9.80 Å². The Balaban J connectivity index is 1.84. The summed E-state index contributed by atoms with van der Waals surface area (Å²) >= 11 is 0. The molecule has 30 heavy (non-hydrogen) atoms. The summed E-state index contributed by atoms with van der Waals surface area (Å²) in [5, 5.41) is 0. The number of hydrogen-bond donors (Lipinski definition) is 0. The molecule has 2 atom stereocenters. The van der Waals surface area contributed by atoms with E-state index in [0.29, 0.717) is 12.5 Å². The largest absolute Gasteiger partial charge is 0.336 e. The van der Waals surface area contributed by atoms with E-state index in [1.807, 2.05) is 42.2 Å². The highest BCUT2D eigenvalue weighted by Crippen LogP contribution is 2.34. The lowest BCUT2D eigenvalue weighted by molar-refractivity contribution is 0.0668. The monoisotopic (exact) mass is 410 g/mol. The standard InChI is InChI=1S/C26H35FN2O/c1-18(2)14-28-15-23(25(17-28)22-7-6-8-24(27)13-22)16-29(19(3)4)26(30)21-11-9-20(5)10-12-21/h6-13,18-19,23,25H,14-17H2,1-5H3/t23-,25+/m1/s1. The van der Waals surface area contributed by atoms with Crippen molar-refractivity contribution in [3.63, 3.8) is 0 Å². The lowest BCUT2D eigenvalue weighted by Gasteiger charge is -2.32. The molecule has 2 aromatic rings. The minimum atomic E-state index is -0.190. The Labute approximate surface area is 180 Å². The average Bonchev–Trinajstić information content (AvgIpc) is 3.07. The molecule has 0 aromatic heterocycles. The predicted molar refractivity (Wildman–Crippen MR) is 121 cm³/mol. The third-order valence-electron chi connectivity index (χ3n) is 6.03. The fraction of sp³-hybridized carbons (Fsp3) is 0.500. The fourth-order valence-corrected chi connectivity index (χ4v) is 4.57. The molecule has 0 N–H and O–H groups in total. The quantitative estimate of drug-likeness (QED) is 0.614. The van der Waals surface area contributed by atoms with Gasteiger partial charge in [-0.2, -0.15) is 0 Å². The highest BCUT2D eigenvalue weighted by Gasteiger charge is 2.36. The van der Waals surface area contributed by atoms with E-state index in [-0.39, 0.29) is 29.6 Å². The summed E-state index contributed by atoms with van der Waals surface area (Å²) in [6, 6.07) is 14.9. The van der Waals surface area contributed by atoms with Crippen molar-refractivity contribution in [1.82, 2.24) is 9.80 Å². The Morgan fingerprint density at radius 1 is 1.10 bits per heavy atom. The zero-order valence-corrected chi connectivity index (χ0v) is 18.9. The summed E-state index contributed by atoms with van der Waals surface area (Å²) in [6.45, 7) is 14.2. The van der Waals surface area contributed by atoms with Crippen LogP contribution in [0.15, 0.2) is 48.5 Å². The number of carbonyl (C=O) groups excluding carboxylic acids is 1. The maximum atomic E-state index is 13.9. The van der Waals surface area contributed by atoms with Crippen molar-refractivity contribution in [2.75, 3.05) is 26.2 Å². The van der Waals surface area contributed by atoms with Gasteiger partial charge in [0.15, 0.2) is 0 Å². The van der Waals surface area contributed by atoms with Gasteiger partial charge in [-0.25, -0.2) is 4.39 Å². The van der Waals surface area contributed by atoms with Crippen molar-refractivity contribution in [3.8, 4) is 0 Å². The second kappa shape index (κ2) is 9.74. The Bertz CT molecular complexity index is 846. The van der Waals surface area contributed by atoms with E-state index in [9.17, 15) is 9.18 Å². The molecular weight excluding hydrogens is 375 g/mol. The third kappa shape index (κ3) is 5.48. The van der Waals surface area contributed by atoms with Crippen LogP contribution in [0.1, 0.15) is 55.1 Å². The van der Waals surface area contributed by atoms with Crippen molar-refractivity contribution in [1.29, 1.82) is 0 Å². The summed E-state index contributed by atoms with van der Waals surface area (Å²) in [5.41, 5.74) is 2.92. The number of halogens is 1. The van der Waals surface area contributed by atoms with Crippen LogP contribution >= 0.6 is 0 Å². The third-order valence-corrected chi connectivity index (χ3v) is 6.03. The lowest BCUT2D eigenvalue weighted by Crippen LogP contribution is -2.42. The number of likely N-dealkylation sites (tertiary alicyclic amines) is 1. The SMILES string of the molecule is Cc1ccc(C(=O)N(C[C@H]2CN(CC(C)C)C[C@H]2c2cccc(F)c2)C(C)C)cc1. The smallest absolute Gasteiger partial charge is 0.254 e. The van der Waals surface area contributed by atoms with E-state index in [1.165, 1.54) is 6.07 Å². The van der Waals surface area contributed by atoms with Crippen LogP contribution in [-0.2, 0) is 0 Å². The van der Waals surface area contributed by atoms with Crippen LogP contribution in [0, 0.1) is 24.6 Å². The molecule has 0 aliphatic carbocycles. The van der Waals surface area contributed by atoms with Crippen LogP contribution in [0.2, 0.25) is 0 Å². The molecule has 4 heteroatoms. The predicted octanol–water partition coefficient (Wildman–Crippen LogP) is 5.36. The molecular formula is C26H35FN2O. The zero-order valence-electron chi connectivity index (χ0n) is 18.9. The van der Waals surface area contributed by atoms with Crippen molar-refractivity contribution >= 4 is 5.91 Å². The molecule has 0 unspecified atom stereocenters. The van der Waals surface area contributed by atoms with Gasteiger partial charge >= 0.3 is 0 Å². The van der Waals surface area contributed by atoms with Crippen LogP contribution in [-0.4, -0.2) is 47.9 Å². The number of carbonyl (C=O) groups is 1. The van der Waals surface area contributed by atoms with Gasteiger partial charge in [0.05, 0.1) is 0 Å². The summed E-state index contributed by atoms with van der Waals surface area (Å²) in [7, 11) is 0. The number of rotatable bonds is 7.